The number of hydrogen-bond donors (Lipinski definition) is 1. The number of carbonyl (C=O) groups excluding carboxylic acids is 1. The number of rotatable bonds is 5. The summed E-state index contributed by atoms with van der Waals surface area (Å²) in [6.45, 7) is 0. The van der Waals surface area contributed by atoms with E-state index in [4.69, 9.17) is 0 Å². The monoisotopic (exact) mass is 290 g/mol. The van der Waals surface area contributed by atoms with Crippen molar-refractivity contribution in [2.24, 2.45) is 0 Å². The lowest BCUT2D eigenvalue weighted by Crippen LogP contribution is -1.97. The second kappa shape index (κ2) is 6.58. The van der Waals surface area contributed by atoms with Gasteiger partial charge in [-0.15, -0.1) is 0 Å². The van der Waals surface area contributed by atoms with Crippen LogP contribution in [-0.2, 0) is 11.2 Å². The fourth-order valence-corrected chi connectivity index (χ4v) is 2.04. The molecule has 5 nitrogen and oxygen atoms in total. The van der Waals surface area contributed by atoms with Gasteiger partial charge < -0.3 is 10.1 Å². The van der Waals surface area contributed by atoms with E-state index >= 15 is 0 Å². The van der Waals surface area contributed by atoms with Gasteiger partial charge in [-0.05, 0) is 35.9 Å². The van der Waals surface area contributed by atoms with Crippen LogP contribution in [-0.4, -0.2) is 21.2 Å². The maximum atomic E-state index is 10.5. The number of nitrogens with zero attached hydrogens (tertiary/aromatic N) is 3. The van der Waals surface area contributed by atoms with Gasteiger partial charge in [0, 0.05) is 36.3 Å². The first kappa shape index (κ1) is 13.9. The third-order valence-electron chi connectivity index (χ3n) is 3.14. The standard InChI is InChI=1S/C17H14N4O/c22-12-8-13-1-3-15(4-2-13)20-16-7-11-19-17(21-16)14-5-9-18-10-6-14/h1-7,9-12H,8H2,(H,19,20,21). The van der Waals surface area contributed by atoms with E-state index < -0.39 is 0 Å². The lowest BCUT2D eigenvalue weighted by molar-refractivity contribution is -0.107. The molecule has 0 aliphatic rings. The average Bonchev–Trinajstić information content (AvgIpc) is 2.58. The van der Waals surface area contributed by atoms with Crippen LogP contribution in [0.1, 0.15) is 5.56 Å². The van der Waals surface area contributed by atoms with E-state index in [-0.39, 0.29) is 0 Å². The van der Waals surface area contributed by atoms with Crippen molar-refractivity contribution in [1.82, 2.24) is 15.0 Å². The Labute approximate surface area is 128 Å². The van der Waals surface area contributed by atoms with Gasteiger partial charge in [-0.1, -0.05) is 12.1 Å². The van der Waals surface area contributed by atoms with Crippen LogP contribution in [0.4, 0.5) is 11.5 Å². The summed E-state index contributed by atoms with van der Waals surface area (Å²) in [6.07, 6.45) is 6.47. The molecule has 5 heteroatoms. The van der Waals surface area contributed by atoms with Crippen molar-refractivity contribution in [2.75, 3.05) is 5.32 Å². The molecule has 108 valence electrons. The number of anilines is 2. The second-order valence-corrected chi connectivity index (χ2v) is 4.69. The highest BCUT2D eigenvalue weighted by Gasteiger charge is 2.03. The van der Waals surface area contributed by atoms with Crippen molar-refractivity contribution in [1.29, 1.82) is 0 Å². The molecule has 0 fully saturated rings. The van der Waals surface area contributed by atoms with E-state index in [0.717, 1.165) is 23.1 Å². The Morgan fingerprint density at radius 2 is 1.73 bits per heavy atom. The summed E-state index contributed by atoms with van der Waals surface area (Å²) in [6, 6.07) is 13.2. The maximum absolute atomic E-state index is 10.5. The second-order valence-electron chi connectivity index (χ2n) is 4.69. The molecule has 2 aromatic heterocycles. The van der Waals surface area contributed by atoms with E-state index in [2.05, 4.69) is 20.3 Å². The molecule has 1 aromatic carbocycles. The highest BCUT2D eigenvalue weighted by molar-refractivity contribution is 5.62. The molecule has 0 radical (unpaired) electrons. The molecule has 3 rings (SSSR count). The Bertz CT molecular complexity index is 757. The van der Waals surface area contributed by atoms with Crippen LogP contribution in [0.2, 0.25) is 0 Å². The number of hydrogen-bond acceptors (Lipinski definition) is 5. The van der Waals surface area contributed by atoms with E-state index in [0.29, 0.717) is 18.1 Å². The normalized spacial score (nSPS) is 10.2. The van der Waals surface area contributed by atoms with Gasteiger partial charge in [0.05, 0.1) is 0 Å². The van der Waals surface area contributed by atoms with Crippen LogP contribution < -0.4 is 5.32 Å². The van der Waals surface area contributed by atoms with Crippen molar-refractivity contribution < 1.29 is 4.79 Å². The van der Waals surface area contributed by atoms with Gasteiger partial charge in [-0.3, -0.25) is 4.98 Å². The first-order chi connectivity index (χ1) is 10.8. The van der Waals surface area contributed by atoms with Gasteiger partial charge in [-0.25, -0.2) is 9.97 Å². The highest BCUT2D eigenvalue weighted by Crippen LogP contribution is 2.18. The molecule has 0 aliphatic heterocycles. The molecule has 1 N–H and O–H groups in total. The third kappa shape index (κ3) is 3.32. The number of carbonyl (C=O) groups is 1. The number of aromatic nitrogens is 3. The van der Waals surface area contributed by atoms with Gasteiger partial charge >= 0.3 is 0 Å². The fraction of sp³-hybridized carbons (Fsp3) is 0.0588. The van der Waals surface area contributed by atoms with Gasteiger partial charge in [0.2, 0.25) is 0 Å². The summed E-state index contributed by atoms with van der Waals surface area (Å²) < 4.78 is 0. The van der Waals surface area contributed by atoms with Gasteiger partial charge in [-0.2, -0.15) is 0 Å². The fourth-order valence-electron chi connectivity index (χ4n) is 2.04. The number of nitrogens with one attached hydrogen (secondary N) is 1. The largest absolute Gasteiger partial charge is 0.340 e. The maximum Gasteiger partial charge on any atom is 0.161 e. The number of pyridine rings is 1. The summed E-state index contributed by atoms with van der Waals surface area (Å²) in [5.41, 5.74) is 2.81. The van der Waals surface area contributed by atoms with E-state index in [1.54, 1.807) is 18.6 Å². The summed E-state index contributed by atoms with van der Waals surface area (Å²) in [5.74, 6) is 1.36. The Kier molecular flexibility index (Phi) is 4.15. The average molecular weight is 290 g/mol. The summed E-state index contributed by atoms with van der Waals surface area (Å²) in [7, 11) is 0. The highest BCUT2D eigenvalue weighted by atomic mass is 16.1. The van der Waals surface area contributed by atoms with Gasteiger partial charge in [0.15, 0.2) is 5.82 Å². The molecule has 22 heavy (non-hydrogen) atoms. The Morgan fingerprint density at radius 1 is 0.955 bits per heavy atom. The molecule has 2 heterocycles. The lowest BCUT2D eigenvalue weighted by atomic mass is 10.1. The Balaban J connectivity index is 1.79. The summed E-state index contributed by atoms with van der Waals surface area (Å²) in [5, 5.41) is 3.23. The van der Waals surface area contributed by atoms with Crippen molar-refractivity contribution in [2.45, 2.75) is 6.42 Å². The third-order valence-corrected chi connectivity index (χ3v) is 3.14. The zero-order valence-corrected chi connectivity index (χ0v) is 11.8. The molecule has 0 atom stereocenters. The lowest BCUT2D eigenvalue weighted by Gasteiger charge is -2.07. The first-order valence-electron chi connectivity index (χ1n) is 6.88. The van der Waals surface area contributed by atoms with Crippen LogP contribution >= 0.6 is 0 Å². The van der Waals surface area contributed by atoms with Crippen molar-refractivity contribution in [3.05, 3.63) is 66.6 Å². The molecule has 3 aromatic rings. The Hall–Kier alpha value is -3.08. The summed E-state index contributed by atoms with van der Waals surface area (Å²) >= 11 is 0. The predicted octanol–water partition coefficient (Wildman–Crippen LogP) is 3.02. The van der Waals surface area contributed by atoms with E-state index in [1.165, 1.54) is 0 Å². The van der Waals surface area contributed by atoms with Crippen LogP contribution in [0.15, 0.2) is 61.1 Å². The van der Waals surface area contributed by atoms with Gasteiger partial charge in [0.1, 0.15) is 12.1 Å². The quantitative estimate of drug-likeness (QED) is 0.731. The molecule has 0 spiro atoms. The molecular formula is C17H14N4O. The molecule has 0 bridgehead atoms. The van der Waals surface area contributed by atoms with Crippen LogP contribution in [0.5, 0.6) is 0 Å². The molecule has 0 amide bonds. The zero-order valence-electron chi connectivity index (χ0n) is 11.8. The summed E-state index contributed by atoms with van der Waals surface area (Å²) in [4.78, 5) is 23.2. The predicted molar refractivity (Wildman–Crippen MR) is 84.8 cm³/mol. The topological polar surface area (TPSA) is 67.8 Å². The van der Waals surface area contributed by atoms with E-state index in [9.17, 15) is 4.79 Å². The van der Waals surface area contributed by atoms with Crippen LogP contribution in [0, 0.1) is 0 Å². The van der Waals surface area contributed by atoms with Gasteiger partial charge in [0.25, 0.3) is 0 Å². The zero-order chi connectivity index (χ0) is 15.2. The smallest absolute Gasteiger partial charge is 0.161 e. The minimum Gasteiger partial charge on any atom is -0.340 e. The van der Waals surface area contributed by atoms with E-state index in [1.807, 2.05) is 42.5 Å². The number of aldehydes is 1. The van der Waals surface area contributed by atoms with Crippen LogP contribution in [0.25, 0.3) is 11.4 Å². The minimum absolute atomic E-state index is 0.431. The SMILES string of the molecule is O=CCc1ccc(Nc2ccnc(-c3ccncc3)n2)cc1. The molecular weight excluding hydrogens is 276 g/mol. The van der Waals surface area contributed by atoms with Crippen molar-refractivity contribution in [3.8, 4) is 11.4 Å². The van der Waals surface area contributed by atoms with Crippen molar-refractivity contribution >= 4 is 17.8 Å². The minimum atomic E-state index is 0.431. The van der Waals surface area contributed by atoms with Crippen LogP contribution in [0.3, 0.4) is 0 Å². The Morgan fingerprint density at radius 3 is 2.45 bits per heavy atom. The molecule has 0 unspecified atom stereocenters. The number of benzene rings is 1. The van der Waals surface area contributed by atoms with Crippen molar-refractivity contribution in [3.63, 3.8) is 0 Å². The first-order valence-corrected chi connectivity index (χ1v) is 6.88. The molecule has 0 saturated carbocycles. The molecule has 0 aliphatic carbocycles. The molecule has 0 saturated heterocycles.